The molecule has 24 heavy (non-hydrogen) atoms. The number of halogens is 2. The molecule has 1 aliphatic heterocycles. The Bertz CT molecular complexity index is 769. The van der Waals surface area contributed by atoms with E-state index in [-0.39, 0.29) is 22.5 Å². The van der Waals surface area contributed by atoms with Crippen LogP contribution in [0.1, 0.15) is 18.4 Å². The first-order chi connectivity index (χ1) is 11.4. The molecule has 0 aliphatic carbocycles. The number of carboxylic acids is 1. The topological polar surface area (TPSA) is 82.3 Å². The van der Waals surface area contributed by atoms with Crippen LogP contribution >= 0.6 is 11.8 Å². The van der Waals surface area contributed by atoms with Crippen molar-refractivity contribution in [1.29, 1.82) is 5.26 Å². The minimum atomic E-state index is -3.05. The van der Waals surface area contributed by atoms with Crippen LogP contribution in [0.5, 0.6) is 5.75 Å². The van der Waals surface area contributed by atoms with Gasteiger partial charge in [0.05, 0.1) is 28.2 Å². The number of nitrogens with zero attached hydrogens (tertiary/aromatic N) is 1. The van der Waals surface area contributed by atoms with Gasteiger partial charge in [0.1, 0.15) is 5.75 Å². The number of nitriles is 1. The van der Waals surface area contributed by atoms with Gasteiger partial charge in [0.2, 0.25) is 0 Å². The van der Waals surface area contributed by atoms with E-state index in [0.29, 0.717) is 10.7 Å². The third-order valence-corrected chi connectivity index (χ3v) is 4.26. The van der Waals surface area contributed by atoms with Gasteiger partial charge >= 0.3 is 12.6 Å². The second kappa shape index (κ2) is 7.36. The predicted molar refractivity (Wildman–Crippen MR) is 85.4 cm³/mol. The standard InChI is InChI=1S/C16H14F2N2O3S/c1-8-12(15(21)22)13(10(7-19)14(20-8)24-2)9-5-3-4-6-11(9)23-16(17)18/h3-6,13,16,20H,1-2H3,(H,21,22). The molecule has 8 heteroatoms. The molecule has 0 saturated carbocycles. The third-order valence-electron chi connectivity index (χ3n) is 3.53. The molecule has 0 spiro atoms. The van der Waals surface area contributed by atoms with E-state index in [2.05, 4.69) is 10.1 Å². The molecule has 0 aromatic heterocycles. The Hall–Kier alpha value is -2.53. The first-order valence-electron chi connectivity index (χ1n) is 6.83. The Morgan fingerprint density at radius 1 is 1.46 bits per heavy atom. The number of hydrogen-bond donors (Lipinski definition) is 2. The highest BCUT2D eigenvalue weighted by Gasteiger charge is 2.36. The van der Waals surface area contributed by atoms with Crippen molar-refractivity contribution < 1.29 is 23.4 Å². The fourth-order valence-corrected chi connectivity index (χ4v) is 3.23. The van der Waals surface area contributed by atoms with Crippen LogP contribution in [0, 0.1) is 11.3 Å². The monoisotopic (exact) mass is 352 g/mol. The summed E-state index contributed by atoms with van der Waals surface area (Å²) in [4.78, 5) is 11.7. The van der Waals surface area contributed by atoms with Crippen LogP contribution in [0.3, 0.4) is 0 Å². The predicted octanol–water partition coefficient (Wildman–Crippen LogP) is 3.43. The highest BCUT2D eigenvalue weighted by molar-refractivity contribution is 8.02. The number of rotatable bonds is 5. The summed E-state index contributed by atoms with van der Waals surface area (Å²) < 4.78 is 29.9. The molecule has 2 N–H and O–H groups in total. The zero-order chi connectivity index (χ0) is 17.9. The SMILES string of the molecule is CSC1=C(C#N)C(c2ccccc2OC(F)F)C(C(=O)O)=C(C)N1. The molecule has 1 aromatic carbocycles. The first-order valence-corrected chi connectivity index (χ1v) is 8.06. The van der Waals surface area contributed by atoms with Crippen molar-refractivity contribution in [2.75, 3.05) is 6.26 Å². The van der Waals surface area contributed by atoms with Crippen LogP contribution in [-0.4, -0.2) is 23.9 Å². The fourth-order valence-electron chi connectivity index (χ4n) is 2.59. The van der Waals surface area contributed by atoms with Crippen LogP contribution in [0.2, 0.25) is 0 Å². The zero-order valence-electron chi connectivity index (χ0n) is 12.8. The van der Waals surface area contributed by atoms with Crippen LogP contribution in [-0.2, 0) is 4.79 Å². The number of carboxylic acid groups (broad SMARTS) is 1. The molecule has 0 radical (unpaired) electrons. The van der Waals surface area contributed by atoms with Crippen molar-refractivity contribution in [3.8, 4) is 11.8 Å². The summed E-state index contributed by atoms with van der Waals surface area (Å²) in [5, 5.41) is 22.4. The molecule has 2 rings (SSSR count). The largest absolute Gasteiger partial charge is 0.478 e. The number of allylic oxidation sites excluding steroid dienone is 2. The van der Waals surface area contributed by atoms with Gasteiger partial charge in [0.15, 0.2) is 0 Å². The van der Waals surface area contributed by atoms with E-state index in [1.54, 1.807) is 19.2 Å². The summed E-state index contributed by atoms with van der Waals surface area (Å²) in [5.41, 5.74) is 0.632. The lowest BCUT2D eigenvalue weighted by atomic mass is 9.82. The Kier molecular flexibility index (Phi) is 5.46. The van der Waals surface area contributed by atoms with Gasteiger partial charge in [-0.25, -0.2) is 4.79 Å². The van der Waals surface area contributed by atoms with Crippen LogP contribution in [0.4, 0.5) is 8.78 Å². The molecular formula is C16H14F2N2O3S. The highest BCUT2D eigenvalue weighted by Crippen LogP contribution is 2.43. The van der Waals surface area contributed by atoms with E-state index in [9.17, 15) is 23.9 Å². The first kappa shape index (κ1) is 17.8. The van der Waals surface area contributed by atoms with Crippen LogP contribution in [0.25, 0.3) is 0 Å². The number of aliphatic carboxylic acids is 1. The molecule has 0 fully saturated rings. The number of dihydropyridines is 1. The molecule has 1 unspecified atom stereocenters. The van der Waals surface area contributed by atoms with E-state index >= 15 is 0 Å². The molecule has 0 amide bonds. The number of carbonyl (C=O) groups is 1. The van der Waals surface area contributed by atoms with Gasteiger partial charge in [-0.2, -0.15) is 14.0 Å². The van der Waals surface area contributed by atoms with E-state index in [0.717, 1.165) is 0 Å². The van der Waals surface area contributed by atoms with E-state index in [1.807, 2.05) is 6.07 Å². The van der Waals surface area contributed by atoms with Gasteiger partial charge in [0.25, 0.3) is 0 Å². The second-order valence-electron chi connectivity index (χ2n) is 4.88. The number of benzene rings is 1. The fraction of sp³-hybridized carbons (Fsp3) is 0.250. The maximum Gasteiger partial charge on any atom is 0.387 e. The maximum atomic E-state index is 12.7. The highest BCUT2D eigenvalue weighted by atomic mass is 32.2. The van der Waals surface area contributed by atoms with Crippen molar-refractivity contribution in [2.45, 2.75) is 19.5 Å². The molecule has 126 valence electrons. The van der Waals surface area contributed by atoms with E-state index < -0.39 is 18.5 Å². The zero-order valence-corrected chi connectivity index (χ0v) is 13.7. The van der Waals surface area contributed by atoms with Crippen LogP contribution in [0.15, 0.2) is 46.1 Å². The summed E-state index contributed by atoms with van der Waals surface area (Å²) in [6, 6.07) is 7.89. The molecule has 1 aromatic rings. The average Bonchev–Trinajstić information content (AvgIpc) is 2.53. The summed E-state index contributed by atoms with van der Waals surface area (Å²) in [5.74, 6) is -2.38. The van der Waals surface area contributed by atoms with Gasteiger partial charge < -0.3 is 15.2 Å². The van der Waals surface area contributed by atoms with Crippen molar-refractivity contribution in [2.24, 2.45) is 0 Å². The summed E-state index contributed by atoms with van der Waals surface area (Å²) in [6.45, 7) is -1.49. The summed E-state index contributed by atoms with van der Waals surface area (Å²) in [6.07, 6.45) is 1.73. The normalized spacial score (nSPS) is 17.6. The second-order valence-corrected chi connectivity index (χ2v) is 5.69. The van der Waals surface area contributed by atoms with Crippen molar-refractivity contribution >= 4 is 17.7 Å². The molecular weight excluding hydrogens is 338 g/mol. The maximum absolute atomic E-state index is 12.7. The lowest BCUT2D eigenvalue weighted by molar-refractivity contribution is -0.133. The van der Waals surface area contributed by atoms with Gasteiger partial charge in [-0.3, -0.25) is 0 Å². The summed E-state index contributed by atoms with van der Waals surface area (Å²) in [7, 11) is 0. The Labute approximate surface area is 141 Å². The molecule has 1 aliphatic rings. The Morgan fingerprint density at radius 3 is 2.67 bits per heavy atom. The van der Waals surface area contributed by atoms with Gasteiger partial charge in [0, 0.05) is 11.3 Å². The molecule has 1 atom stereocenters. The summed E-state index contributed by atoms with van der Waals surface area (Å²) >= 11 is 1.24. The third kappa shape index (κ3) is 3.36. The van der Waals surface area contributed by atoms with Crippen LogP contribution < -0.4 is 10.1 Å². The molecule has 1 heterocycles. The van der Waals surface area contributed by atoms with E-state index in [4.69, 9.17) is 0 Å². The van der Waals surface area contributed by atoms with Gasteiger partial charge in [-0.1, -0.05) is 18.2 Å². The van der Waals surface area contributed by atoms with E-state index in [1.165, 1.54) is 30.0 Å². The number of para-hydroxylation sites is 1. The number of thioether (sulfide) groups is 1. The number of alkyl halides is 2. The Balaban J connectivity index is 2.71. The average molecular weight is 352 g/mol. The molecule has 0 saturated heterocycles. The minimum Gasteiger partial charge on any atom is -0.478 e. The Morgan fingerprint density at radius 2 is 2.12 bits per heavy atom. The van der Waals surface area contributed by atoms with Gasteiger partial charge in [-0.05, 0) is 19.2 Å². The minimum absolute atomic E-state index is 0.0744. The molecule has 0 bridgehead atoms. The van der Waals surface area contributed by atoms with Crippen molar-refractivity contribution in [3.05, 3.63) is 51.7 Å². The number of hydrogen-bond acceptors (Lipinski definition) is 5. The molecule has 5 nitrogen and oxygen atoms in total. The smallest absolute Gasteiger partial charge is 0.387 e. The number of nitrogens with one attached hydrogen (secondary N) is 1. The lowest BCUT2D eigenvalue weighted by Gasteiger charge is -2.28. The lowest BCUT2D eigenvalue weighted by Crippen LogP contribution is -2.28. The van der Waals surface area contributed by atoms with Crippen molar-refractivity contribution in [1.82, 2.24) is 5.32 Å². The van der Waals surface area contributed by atoms with Gasteiger partial charge in [-0.15, -0.1) is 11.8 Å². The quantitative estimate of drug-likeness (QED) is 0.845. The van der Waals surface area contributed by atoms with Crippen molar-refractivity contribution in [3.63, 3.8) is 0 Å². The number of ether oxygens (including phenoxy) is 1.